The molecule has 0 spiro atoms. The van der Waals surface area contributed by atoms with E-state index in [1.807, 2.05) is 30.3 Å². The molecule has 0 atom stereocenters. The molecule has 0 radical (unpaired) electrons. The highest BCUT2D eigenvalue weighted by atomic mass is 32.2. The van der Waals surface area contributed by atoms with Gasteiger partial charge in [-0.15, -0.1) is 0 Å². The Kier molecular flexibility index (Phi) is 9.11. The fourth-order valence-electron chi connectivity index (χ4n) is 5.36. The third-order valence-corrected chi connectivity index (χ3v) is 8.52. The number of nitrogens with zero attached hydrogens (tertiary/aromatic N) is 3. The topological polar surface area (TPSA) is 157 Å². The normalized spacial score (nSPS) is 13.9. The number of H-pyrrole nitrogens is 1. The van der Waals surface area contributed by atoms with Gasteiger partial charge >= 0.3 is 0 Å². The molecule has 1 fully saturated rings. The van der Waals surface area contributed by atoms with Crippen LogP contribution in [0.4, 0.5) is 5.69 Å². The summed E-state index contributed by atoms with van der Waals surface area (Å²) in [5.41, 5.74) is 9.62. The van der Waals surface area contributed by atoms with Gasteiger partial charge in [-0.05, 0) is 79.9 Å². The molecule has 3 aromatic carbocycles. The predicted octanol–water partition coefficient (Wildman–Crippen LogP) is 4.96. The van der Waals surface area contributed by atoms with E-state index >= 15 is 0 Å². The zero-order chi connectivity index (χ0) is 30.4. The van der Waals surface area contributed by atoms with Crippen LogP contribution >= 0.6 is 0 Å². The monoisotopic (exact) mass is 599 g/mol. The number of furan rings is 1. The van der Waals surface area contributed by atoms with E-state index in [0.29, 0.717) is 5.56 Å². The van der Waals surface area contributed by atoms with Crippen molar-refractivity contribution in [3.8, 4) is 6.07 Å². The van der Waals surface area contributed by atoms with Gasteiger partial charge in [-0.1, -0.05) is 18.2 Å². The molecule has 43 heavy (non-hydrogen) atoms. The standard InChI is InChI=1S/C26H27N5O2.C6H6O3S/c27-15-18-4-7-24-23(13-18)19(16-29-24)3-1-2-8-30-9-11-31(12-10-30)21-5-6-22-20(14-21)17-33-25(22)26(28)32;7-10(8,9)6-4-2-1-3-5-6/h4-7,13-14,16-17,29H,1-3,8-12H2,(H2,28,32);1-5H,(H,7,8,9). The Bertz CT molecular complexity index is 1870. The van der Waals surface area contributed by atoms with Crippen LogP contribution in [0.15, 0.2) is 88.5 Å². The van der Waals surface area contributed by atoms with Gasteiger partial charge in [0.15, 0.2) is 5.76 Å². The summed E-state index contributed by atoms with van der Waals surface area (Å²) in [6.07, 6.45) is 6.98. The molecule has 1 saturated heterocycles. The number of aromatic nitrogens is 1. The van der Waals surface area contributed by atoms with Gasteiger partial charge in [-0.2, -0.15) is 13.7 Å². The zero-order valence-electron chi connectivity index (χ0n) is 23.6. The molecule has 1 aliphatic rings. The number of aromatic amines is 1. The largest absolute Gasteiger partial charge is 0.458 e. The average Bonchev–Trinajstić information content (AvgIpc) is 3.63. The molecule has 1 aliphatic heterocycles. The maximum Gasteiger partial charge on any atom is 0.294 e. The number of hydrogen-bond donors (Lipinski definition) is 3. The smallest absolute Gasteiger partial charge is 0.294 e. The molecule has 2 aromatic heterocycles. The predicted molar refractivity (Wildman–Crippen MR) is 166 cm³/mol. The molecule has 4 N–H and O–H groups in total. The van der Waals surface area contributed by atoms with E-state index in [-0.39, 0.29) is 10.7 Å². The number of amides is 1. The summed E-state index contributed by atoms with van der Waals surface area (Å²) in [6, 6.07) is 21.5. The van der Waals surface area contributed by atoms with Crippen LogP contribution in [0.2, 0.25) is 0 Å². The summed E-state index contributed by atoms with van der Waals surface area (Å²) in [5.74, 6) is -0.317. The number of unbranched alkanes of at least 4 members (excludes halogenated alkanes) is 1. The highest BCUT2D eigenvalue weighted by molar-refractivity contribution is 7.85. The van der Waals surface area contributed by atoms with Crippen molar-refractivity contribution in [2.75, 3.05) is 37.6 Å². The van der Waals surface area contributed by atoms with E-state index in [4.69, 9.17) is 20.0 Å². The van der Waals surface area contributed by atoms with Crippen molar-refractivity contribution in [2.45, 2.75) is 24.2 Å². The lowest BCUT2D eigenvalue weighted by Gasteiger charge is -2.36. The summed E-state index contributed by atoms with van der Waals surface area (Å²) in [4.78, 5) is 19.6. The van der Waals surface area contributed by atoms with Crippen molar-refractivity contribution in [3.05, 3.63) is 96.1 Å². The van der Waals surface area contributed by atoms with Crippen LogP contribution in [0.25, 0.3) is 21.7 Å². The van der Waals surface area contributed by atoms with Crippen LogP contribution in [0, 0.1) is 11.3 Å². The Labute approximate surface area is 250 Å². The Morgan fingerprint density at radius 3 is 2.44 bits per heavy atom. The lowest BCUT2D eigenvalue weighted by molar-refractivity contribution is 0.0976. The second-order valence-electron chi connectivity index (χ2n) is 10.5. The van der Waals surface area contributed by atoms with Crippen molar-refractivity contribution in [1.82, 2.24) is 9.88 Å². The maximum absolute atomic E-state index is 11.5. The lowest BCUT2D eigenvalue weighted by Crippen LogP contribution is -2.46. The van der Waals surface area contributed by atoms with Crippen molar-refractivity contribution in [3.63, 3.8) is 0 Å². The number of aryl methyl sites for hydroxylation is 1. The summed E-state index contributed by atoms with van der Waals surface area (Å²) in [7, 11) is -4.00. The lowest BCUT2D eigenvalue weighted by atomic mass is 10.0. The summed E-state index contributed by atoms with van der Waals surface area (Å²) >= 11 is 0. The van der Waals surface area contributed by atoms with Gasteiger partial charge in [-0.25, -0.2) is 0 Å². The molecule has 11 heteroatoms. The van der Waals surface area contributed by atoms with E-state index in [2.05, 4.69) is 33.1 Å². The number of nitrogens with two attached hydrogens (primary N) is 1. The van der Waals surface area contributed by atoms with Gasteiger partial charge in [0.25, 0.3) is 16.0 Å². The Hall–Kier alpha value is -4.63. The maximum atomic E-state index is 11.5. The van der Waals surface area contributed by atoms with Crippen LogP contribution in [-0.2, 0) is 16.5 Å². The average molecular weight is 600 g/mol. The Balaban J connectivity index is 0.000000314. The van der Waals surface area contributed by atoms with Crippen LogP contribution in [0.1, 0.15) is 34.5 Å². The number of primary amides is 1. The first-order valence-corrected chi connectivity index (χ1v) is 15.5. The molecule has 0 saturated carbocycles. The first-order chi connectivity index (χ1) is 20.7. The third kappa shape index (κ3) is 7.24. The zero-order valence-corrected chi connectivity index (χ0v) is 24.4. The molecule has 5 aromatic rings. The second-order valence-corrected chi connectivity index (χ2v) is 11.9. The SMILES string of the molecule is N#Cc1ccc2[nH]cc(CCCCN3CCN(c4ccc5c(C(N)=O)occ5c4)CC3)c2c1.O=S(=O)(O)c1ccccc1. The fraction of sp³-hybridized carbons (Fsp3) is 0.250. The van der Waals surface area contributed by atoms with Gasteiger partial charge in [-0.3, -0.25) is 14.2 Å². The van der Waals surface area contributed by atoms with E-state index in [1.165, 1.54) is 23.1 Å². The summed E-state index contributed by atoms with van der Waals surface area (Å²) in [5, 5.41) is 12.0. The molecular weight excluding hydrogens is 566 g/mol. The van der Waals surface area contributed by atoms with Gasteiger partial charge < -0.3 is 20.0 Å². The highest BCUT2D eigenvalue weighted by Gasteiger charge is 2.19. The van der Waals surface area contributed by atoms with Crippen molar-refractivity contribution in [1.29, 1.82) is 5.26 Å². The fourth-order valence-corrected chi connectivity index (χ4v) is 5.86. The van der Waals surface area contributed by atoms with Crippen LogP contribution < -0.4 is 10.6 Å². The van der Waals surface area contributed by atoms with E-state index in [0.717, 1.165) is 74.0 Å². The minimum absolute atomic E-state index is 0.0741. The number of benzene rings is 3. The quantitative estimate of drug-likeness (QED) is 0.167. The van der Waals surface area contributed by atoms with Crippen molar-refractivity contribution in [2.24, 2.45) is 5.73 Å². The van der Waals surface area contributed by atoms with Gasteiger partial charge in [0.05, 0.1) is 22.8 Å². The number of anilines is 1. The molecule has 0 bridgehead atoms. The minimum atomic E-state index is -4.00. The second kappa shape index (κ2) is 13.1. The van der Waals surface area contributed by atoms with E-state index in [9.17, 15) is 13.2 Å². The first kappa shape index (κ1) is 29.8. The Morgan fingerprint density at radius 2 is 1.77 bits per heavy atom. The number of nitrogens with one attached hydrogen (secondary N) is 1. The molecule has 10 nitrogen and oxygen atoms in total. The van der Waals surface area contributed by atoms with Crippen molar-refractivity contribution < 1.29 is 22.2 Å². The van der Waals surface area contributed by atoms with Crippen LogP contribution in [0.5, 0.6) is 0 Å². The number of hydrogen-bond acceptors (Lipinski definition) is 7. The van der Waals surface area contributed by atoms with Gasteiger partial charge in [0.2, 0.25) is 0 Å². The van der Waals surface area contributed by atoms with Crippen LogP contribution in [-0.4, -0.2) is 61.5 Å². The van der Waals surface area contributed by atoms with Gasteiger partial charge in [0, 0.05) is 59.7 Å². The number of piperazine rings is 1. The Morgan fingerprint density at radius 1 is 1.00 bits per heavy atom. The van der Waals surface area contributed by atoms with Crippen LogP contribution in [0.3, 0.4) is 0 Å². The molecule has 1 amide bonds. The molecule has 222 valence electrons. The van der Waals surface area contributed by atoms with E-state index < -0.39 is 16.0 Å². The number of carbonyl (C=O) groups excluding carboxylic acids is 1. The molecule has 6 rings (SSSR count). The summed E-state index contributed by atoms with van der Waals surface area (Å²) in [6.45, 7) is 5.13. The van der Waals surface area contributed by atoms with Crippen molar-refractivity contribution >= 4 is 43.4 Å². The number of carbonyl (C=O) groups is 1. The molecular formula is C32H33N5O5S. The number of fused-ring (bicyclic) bond motifs is 2. The highest BCUT2D eigenvalue weighted by Crippen LogP contribution is 2.27. The third-order valence-electron chi connectivity index (χ3n) is 7.65. The minimum Gasteiger partial charge on any atom is -0.458 e. The molecule has 0 unspecified atom stereocenters. The number of rotatable bonds is 8. The number of nitriles is 1. The van der Waals surface area contributed by atoms with Gasteiger partial charge in [0.1, 0.15) is 0 Å². The molecule has 0 aliphatic carbocycles. The first-order valence-electron chi connectivity index (χ1n) is 14.0. The van der Waals surface area contributed by atoms with E-state index in [1.54, 1.807) is 24.5 Å². The summed E-state index contributed by atoms with van der Waals surface area (Å²) < 4.78 is 34.6. The molecule has 3 heterocycles.